The van der Waals surface area contributed by atoms with Gasteiger partial charge in [-0.25, -0.2) is 0 Å². The normalized spacial score (nSPS) is 12.1. The first-order chi connectivity index (χ1) is 9.78. The van der Waals surface area contributed by atoms with Crippen LogP contribution in [0, 0.1) is 0 Å². The lowest BCUT2D eigenvalue weighted by Crippen LogP contribution is -2.12. The number of amidine groups is 1. The molecule has 2 aromatic heterocycles. The first-order valence-corrected chi connectivity index (χ1v) is 7.30. The summed E-state index contributed by atoms with van der Waals surface area (Å²) in [6.07, 6.45) is 3.10. The van der Waals surface area contributed by atoms with Crippen LogP contribution < -0.4 is 5.73 Å². The predicted molar refractivity (Wildman–Crippen MR) is 82.5 cm³/mol. The van der Waals surface area contributed by atoms with Crippen LogP contribution >= 0.6 is 11.3 Å². The van der Waals surface area contributed by atoms with Crippen molar-refractivity contribution in [2.45, 2.75) is 13.0 Å². The Labute approximate surface area is 120 Å². The molecule has 0 aliphatic heterocycles. The minimum absolute atomic E-state index is 0.137. The fraction of sp³-hybridized carbons (Fsp3) is 0.133. The quantitative estimate of drug-likeness (QED) is 0.335. The van der Waals surface area contributed by atoms with Crippen molar-refractivity contribution in [3.8, 4) is 0 Å². The van der Waals surface area contributed by atoms with E-state index in [2.05, 4.69) is 38.8 Å². The molecule has 0 spiro atoms. The third-order valence-corrected chi connectivity index (χ3v) is 4.13. The van der Waals surface area contributed by atoms with Crippen molar-refractivity contribution in [3.05, 3.63) is 58.4 Å². The van der Waals surface area contributed by atoms with Gasteiger partial charge in [-0.2, -0.15) is 11.3 Å². The molecular formula is C15H15N3OS. The van der Waals surface area contributed by atoms with Crippen LogP contribution in [-0.4, -0.2) is 15.6 Å². The maximum absolute atomic E-state index is 8.71. The molecule has 0 saturated carbocycles. The minimum atomic E-state index is 0.137. The van der Waals surface area contributed by atoms with Crippen LogP contribution in [0.1, 0.15) is 11.1 Å². The van der Waals surface area contributed by atoms with Crippen molar-refractivity contribution in [1.29, 1.82) is 0 Å². The fourth-order valence-corrected chi connectivity index (χ4v) is 3.00. The number of hydrogen-bond acceptors (Lipinski definition) is 3. The molecular weight excluding hydrogens is 270 g/mol. The van der Waals surface area contributed by atoms with Crippen molar-refractivity contribution in [2.75, 3.05) is 0 Å². The molecule has 1 aromatic carbocycles. The van der Waals surface area contributed by atoms with Gasteiger partial charge < -0.3 is 15.5 Å². The summed E-state index contributed by atoms with van der Waals surface area (Å²) in [7, 11) is 0. The lowest BCUT2D eigenvalue weighted by atomic mass is 10.1. The SMILES string of the molecule is N/C(=N/O)c1ccc2c(ccn2CCc2ccsc2)c1. The van der Waals surface area contributed by atoms with Gasteiger partial charge >= 0.3 is 0 Å². The number of benzene rings is 1. The van der Waals surface area contributed by atoms with Crippen molar-refractivity contribution < 1.29 is 5.21 Å². The highest BCUT2D eigenvalue weighted by Gasteiger charge is 2.05. The van der Waals surface area contributed by atoms with Gasteiger partial charge in [-0.3, -0.25) is 0 Å². The summed E-state index contributed by atoms with van der Waals surface area (Å²) < 4.78 is 2.23. The van der Waals surface area contributed by atoms with E-state index >= 15 is 0 Å². The lowest BCUT2D eigenvalue weighted by Gasteiger charge is -2.05. The molecule has 3 aromatic rings. The molecule has 2 heterocycles. The Kier molecular flexibility index (Phi) is 3.43. The number of nitrogens with two attached hydrogens (primary N) is 1. The Balaban J connectivity index is 1.86. The summed E-state index contributed by atoms with van der Waals surface area (Å²) in [5, 5.41) is 17.1. The van der Waals surface area contributed by atoms with Crippen LogP contribution in [0.2, 0.25) is 0 Å². The van der Waals surface area contributed by atoms with Crippen LogP contribution in [0.15, 0.2) is 52.4 Å². The van der Waals surface area contributed by atoms with E-state index in [1.54, 1.807) is 11.3 Å². The average Bonchev–Trinajstić information content (AvgIpc) is 3.13. The van der Waals surface area contributed by atoms with E-state index < -0.39 is 0 Å². The second kappa shape index (κ2) is 5.38. The van der Waals surface area contributed by atoms with E-state index in [1.165, 1.54) is 5.56 Å². The zero-order valence-corrected chi connectivity index (χ0v) is 11.7. The van der Waals surface area contributed by atoms with E-state index in [0.717, 1.165) is 29.4 Å². The molecule has 3 rings (SSSR count). The molecule has 0 aliphatic carbocycles. The summed E-state index contributed by atoms with van der Waals surface area (Å²) >= 11 is 1.73. The number of hydrogen-bond donors (Lipinski definition) is 2. The molecule has 4 nitrogen and oxygen atoms in total. The monoisotopic (exact) mass is 285 g/mol. The molecule has 0 atom stereocenters. The molecule has 20 heavy (non-hydrogen) atoms. The van der Waals surface area contributed by atoms with Gasteiger partial charge in [0.25, 0.3) is 0 Å². The molecule has 0 radical (unpaired) electrons. The van der Waals surface area contributed by atoms with E-state index in [1.807, 2.05) is 18.2 Å². The zero-order valence-electron chi connectivity index (χ0n) is 10.9. The Morgan fingerprint density at radius 2 is 2.20 bits per heavy atom. The smallest absolute Gasteiger partial charge is 0.170 e. The fourth-order valence-electron chi connectivity index (χ4n) is 2.30. The maximum atomic E-state index is 8.71. The third kappa shape index (κ3) is 2.40. The van der Waals surface area contributed by atoms with Crippen molar-refractivity contribution in [1.82, 2.24) is 4.57 Å². The highest BCUT2D eigenvalue weighted by molar-refractivity contribution is 7.07. The number of aryl methyl sites for hydroxylation is 2. The molecule has 0 amide bonds. The Morgan fingerprint density at radius 3 is 2.95 bits per heavy atom. The van der Waals surface area contributed by atoms with Crippen LogP contribution in [0.5, 0.6) is 0 Å². The molecule has 0 aliphatic rings. The van der Waals surface area contributed by atoms with E-state index in [0.29, 0.717) is 0 Å². The zero-order chi connectivity index (χ0) is 13.9. The summed E-state index contributed by atoms with van der Waals surface area (Å²) in [5.41, 5.74) is 8.87. The Hall–Kier alpha value is -2.27. The maximum Gasteiger partial charge on any atom is 0.170 e. The van der Waals surface area contributed by atoms with Crippen molar-refractivity contribution >= 4 is 28.1 Å². The van der Waals surface area contributed by atoms with Gasteiger partial charge in [-0.05, 0) is 53.1 Å². The second-order valence-electron chi connectivity index (χ2n) is 4.65. The molecule has 0 bridgehead atoms. The van der Waals surface area contributed by atoms with E-state index in [-0.39, 0.29) is 5.84 Å². The van der Waals surface area contributed by atoms with Gasteiger partial charge in [0.2, 0.25) is 0 Å². The Bertz CT molecular complexity index is 744. The average molecular weight is 285 g/mol. The summed E-state index contributed by atoms with van der Waals surface area (Å²) in [4.78, 5) is 0. The number of oxime groups is 1. The van der Waals surface area contributed by atoms with Gasteiger partial charge in [-0.15, -0.1) is 0 Å². The third-order valence-electron chi connectivity index (χ3n) is 3.40. The predicted octanol–water partition coefficient (Wildman–Crippen LogP) is 3.04. The topological polar surface area (TPSA) is 63.5 Å². The van der Waals surface area contributed by atoms with Gasteiger partial charge in [0.1, 0.15) is 0 Å². The van der Waals surface area contributed by atoms with Crippen molar-refractivity contribution in [2.24, 2.45) is 10.9 Å². The number of thiophene rings is 1. The van der Waals surface area contributed by atoms with E-state index in [9.17, 15) is 0 Å². The molecule has 0 unspecified atom stereocenters. The summed E-state index contributed by atoms with van der Waals surface area (Å²) in [6, 6.07) is 10.0. The highest BCUT2D eigenvalue weighted by atomic mass is 32.1. The summed E-state index contributed by atoms with van der Waals surface area (Å²) in [5.74, 6) is 0.137. The molecule has 102 valence electrons. The number of nitrogens with zero attached hydrogens (tertiary/aromatic N) is 2. The number of rotatable bonds is 4. The largest absolute Gasteiger partial charge is 0.409 e. The molecule has 0 fully saturated rings. The van der Waals surface area contributed by atoms with E-state index in [4.69, 9.17) is 10.9 Å². The molecule has 0 saturated heterocycles. The number of fused-ring (bicyclic) bond motifs is 1. The summed E-state index contributed by atoms with van der Waals surface area (Å²) in [6.45, 7) is 0.948. The first-order valence-electron chi connectivity index (χ1n) is 6.36. The molecule has 3 N–H and O–H groups in total. The van der Waals surface area contributed by atoms with Crippen LogP contribution in [-0.2, 0) is 13.0 Å². The molecule has 5 heteroatoms. The van der Waals surface area contributed by atoms with Gasteiger partial charge in [0, 0.05) is 29.2 Å². The van der Waals surface area contributed by atoms with Crippen LogP contribution in [0.4, 0.5) is 0 Å². The van der Waals surface area contributed by atoms with Crippen molar-refractivity contribution in [3.63, 3.8) is 0 Å². The van der Waals surface area contributed by atoms with Crippen LogP contribution in [0.25, 0.3) is 10.9 Å². The van der Waals surface area contributed by atoms with Gasteiger partial charge in [0.15, 0.2) is 5.84 Å². The van der Waals surface area contributed by atoms with Gasteiger partial charge in [0.05, 0.1) is 0 Å². The van der Waals surface area contributed by atoms with Gasteiger partial charge in [-0.1, -0.05) is 5.16 Å². The highest BCUT2D eigenvalue weighted by Crippen LogP contribution is 2.19. The standard InChI is InChI=1S/C15H15N3OS/c16-15(17-19)13-1-2-14-12(9-13)4-7-18(14)6-3-11-5-8-20-10-11/h1-2,4-5,7-10,19H,3,6H2,(H2,16,17). The minimum Gasteiger partial charge on any atom is -0.409 e. The Morgan fingerprint density at radius 1 is 1.30 bits per heavy atom. The van der Waals surface area contributed by atoms with Crippen LogP contribution in [0.3, 0.4) is 0 Å². The lowest BCUT2D eigenvalue weighted by molar-refractivity contribution is 0.318. The number of aromatic nitrogens is 1. The first kappa shape index (κ1) is 12.7. The second-order valence-corrected chi connectivity index (χ2v) is 5.43.